The van der Waals surface area contributed by atoms with E-state index in [1.807, 2.05) is 24.3 Å². The maximum Gasteiger partial charge on any atom is 0.0889 e. The van der Waals surface area contributed by atoms with E-state index >= 15 is 0 Å². The third-order valence-electron chi connectivity index (χ3n) is 2.06. The summed E-state index contributed by atoms with van der Waals surface area (Å²) in [5, 5.41) is 9.84. The highest BCUT2D eigenvalue weighted by Crippen LogP contribution is 2.28. The predicted octanol–water partition coefficient (Wildman–Crippen LogP) is 1.52. The van der Waals surface area contributed by atoms with E-state index in [-0.39, 0.29) is 6.10 Å². The number of β-amino-alcohol motifs (C(OH)–C–C–N with tert-alkyl or cyclic N) is 1. The van der Waals surface area contributed by atoms with Gasteiger partial charge in [-0.25, -0.2) is 0 Å². The molecule has 12 heavy (non-hydrogen) atoms. The van der Waals surface area contributed by atoms with E-state index in [1.165, 1.54) is 0 Å². The standard InChI is InChI=1S/C9H10ClNO/c10-8-3-1-2-4-9(8)11-5-7(12)6-11/h1-4,7,12H,5-6H2. The average Bonchev–Trinajstić information content (AvgIpc) is 2.01. The van der Waals surface area contributed by atoms with Gasteiger partial charge in [-0.05, 0) is 12.1 Å². The first kappa shape index (κ1) is 7.90. The highest BCUT2D eigenvalue weighted by molar-refractivity contribution is 6.33. The molecule has 0 saturated carbocycles. The molecule has 1 aromatic rings. The van der Waals surface area contributed by atoms with Crippen molar-refractivity contribution in [1.29, 1.82) is 0 Å². The van der Waals surface area contributed by atoms with Gasteiger partial charge in [0.15, 0.2) is 0 Å². The number of anilines is 1. The van der Waals surface area contributed by atoms with Crippen LogP contribution in [0.4, 0.5) is 5.69 Å². The lowest BCUT2D eigenvalue weighted by molar-refractivity contribution is 0.142. The molecule has 3 heteroatoms. The van der Waals surface area contributed by atoms with Crippen LogP contribution >= 0.6 is 11.6 Å². The summed E-state index contributed by atoms with van der Waals surface area (Å²) in [6.45, 7) is 1.40. The SMILES string of the molecule is OC1CN(c2ccccc2Cl)C1. The van der Waals surface area contributed by atoms with Gasteiger partial charge in [-0.2, -0.15) is 0 Å². The molecule has 0 spiro atoms. The zero-order valence-electron chi connectivity index (χ0n) is 6.57. The van der Waals surface area contributed by atoms with Gasteiger partial charge >= 0.3 is 0 Å². The van der Waals surface area contributed by atoms with Crippen LogP contribution in [0.25, 0.3) is 0 Å². The normalized spacial score (nSPS) is 17.7. The van der Waals surface area contributed by atoms with Crippen LogP contribution in [-0.4, -0.2) is 24.3 Å². The van der Waals surface area contributed by atoms with Gasteiger partial charge < -0.3 is 10.0 Å². The molecular weight excluding hydrogens is 174 g/mol. The van der Waals surface area contributed by atoms with Gasteiger partial charge in [-0.3, -0.25) is 0 Å². The van der Waals surface area contributed by atoms with Crippen LogP contribution in [0, 0.1) is 0 Å². The van der Waals surface area contributed by atoms with Crippen LogP contribution in [0.1, 0.15) is 0 Å². The summed E-state index contributed by atoms with van der Waals surface area (Å²) in [5.41, 5.74) is 1.02. The lowest BCUT2D eigenvalue weighted by Gasteiger charge is -2.38. The van der Waals surface area contributed by atoms with E-state index in [2.05, 4.69) is 4.90 Å². The average molecular weight is 184 g/mol. The quantitative estimate of drug-likeness (QED) is 0.714. The van der Waals surface area contributed by atoms with Crippen LogP contribution in [0.3, 0.4) is 0 Å². The van der Waals surface area contributed by atoms with Crippen molar-refractivity contribution in [1.82, 2.24) is 0 Å². The molecule has 0 aliphatic carbocycles. The smallest absolute Gasteiger partial charge is 0.0889 e. The highest BCUT2D eigenvalue weighted by atomic mass is 35.5. The summed E-state index contributed by atoms with van der Waals surface area (Å²) in [5.74, 6) is 0. The van der Waals surface area contributed by atoms with Gasteiger partial charge in [0.05, 0.1) is 16.8 Å². The van der Waals surface area contributed by atoms with Crippen molar-refractivity contribution in [2.24, 2.45) is 0 Å². The van der Waals surface area contributed by atoms with Crippen LogP contribution in [0.2, 0.25) is 5.02 Å². The summed E-state index contributed by atoms with van der Waals surface area (Å²) in [7, 11) is 0. The second-order valence-corrected chi connectivity index (χ2v) is 3.42. The van der Waals surface area contributed by atoms with Gasteiger partial charge in [-0.1, -0.05) is 23.7 Å². The molecule has 0 radical (unpaired) electrons. The van der Waals surface area contributed by atoms with E-state index in [1.54, 1.807) is 0 Å². The maximum atomic E-state index is 9.09. The number of aliphatic hydroxyl groups is 1. The first-order valence-electron chi connectivity index (χ1n) is 3.95. The zero-order valence-corrected chi connectivity index (χ0v) is 7.33. The van der Waals surface area contributed by atoms with Crippen molar-refractivity contribution in [3.8, 4) is 0 Å². The Morgan fingerprint density at radius 2 is 2.00 bits per heavy atom. The van der Waals surface area contributed by atoms with Crippen LogP contribution in [-0.2, 0) is 0 Å². The van der Waals surface area contributed by atoms with E-state index < -0.39 is 0 Å². The first-order chi connectivity index (χ1) is 5.77. The molecule has 1 fully saturated rings. The number of halogens is 1. The molecule has 1 heterocycles. The highest BCUT2D eigenvalue weighted by Gasteiger charge is 2.25. The number of para-hydroxylation sites is 1. The molecule has 0 unspecified atom stereocenters. The fourth-order valence-corrected chi connectivity index (χ4v) is 1.62. The Labute approximate surface area is 76.4 Å². The number of aliphatic hydroxyl groups excluding tert-OH is 1. The molecule has 0 atom stereocenters. The van der Waals surface area contributed by atoms with E-state index in [0.717, 1.165) is 10.7 Å². The summed E-state index contributed by atoms with van der Waals surface area (Å²) in [6.07, 6.45) is -0.179. The molecule has 0 aromatic heterocycles. The Morgan fingerprint density at radius 1 is 1.33 bits per heavy atom. The number of hydrogen-bond acceptors (Lipinski definition) is 2. The van der Waals surface area contributed by atoms with Crippen molar-refractivity contribution in [2.45, 2.75) is 6.10 Å². The van der Waals surface area contributed by atoms with Crippen molar-refractivity contribution in [3.63, 3.8) is 0 Å². The third-order valence-corrected chi connectivity index (χ3v) is 2.38. The summed E-state index contributed by atoms with van der Waals surface area (Å²) < 4.78 is 0. The molecule has 1 aliphatic rings. The Kier molecular flexibility index (Phi) is 1.95. The molecule has 64 valence electrons. The Balaban J connectivity index is 2.18. The molecule has 0 bridgehead atoms. The van der Waals surface area contributed by atoms with Gasteiger partial charge in [0, 0.05) is 13.1 Å². The molecule has 0 amide bonds. The largest absolute Gasteiger partial charge is 0.389 e. The first-order valence-corrected chi connectivity index (χ1v) is 4.33. The summed E-state index contributed by atoms with van der Waals surface area (Å²) >= 11 is 5.96. The molecule has 1 N–H and O–H groups in total. The van der Waals surface area contributed by atoms with Gasteiger partial charge in [0.25, 0.3) is 0 Å². The molecule has 2 rings (SSSR count). The minimum absolute atomic E-state index is 0.179. The minimum Gasteiger partial charge on any atom is -0.389 e. The van der Waals surface area contributed by atoms with Crippen molar-refractivity contribution < 1.29 is 5.11 Å². The fraction of sp³-hybridized carbons (Fsp3) is 0.333. The molecule has 2 nitrogen and oxygen atoms in total. The predicted molar refractivity (Wildman–Crippen MR) is 49.7 cm³/mol. The second-order valence-electron chi connectivity index (χ2n) is 3.01. The minimum atomic E-state index is -0.179. The summed E-state index contributed by atoms with van der Waals surface area (Å²) in [6, 6.07) is 7.68. The van der Waals surface area contributed by atoms with Gasteiger partial charge in [-0.15, -0.1) is 0 Å². The number of hydrogen-bond donors (Lipinski definition) is 1. The van der Waals surface area contributed by atoms with Crippen LogP contribution in [0.5, 0.6) is 0 Å². The monoisotopic (exact) mass is 183 g/mol. The van der Waals surface area contributed by atoms with Crippen LogP contribution < -0.4 is 4.90 Å². The topological polar surface area (TPSA) is 23.5 Å². The zero-order chi connectivity index (χ0) is 8.55. The van der Waals surface area contributed by atoms with E-state index in [4.69, 9.17) is 16.7 Å². The Morgan fingerprint density at radius 3 is 2.58 bits per heavy atom. The number of rotatable bonds is 1. The van der Waals surface area contributed by atoms with E-state index in [9.17, 15) is 0 Å². The second kappa shape index (κ2) is 2.96. The Bertz CT molecular complexity index is 284. The summed E-state index contributed by atoms with van der Waals surface area (Å²) in [4.78, 5) is 2.06. The van der Waals surface area contributed by atoms with E-state index in [0.29, 0.717) is 13.1 Å². The van der Waals surface area contributed by atoms with Crippen molar-refractivity contribution in [2.75, 3.05) is 18.0 Å². The third kappa shape index (κ3) is 1.28. The number of benzene rings is 1. The lowest BCUT2D eigenvalue weighted by Crippen LogP contribution is -2.50. The van der Waals surface area contributed by atoms with Gasteiger partial charge in [0.1, 0.15) is 0 Å². The molecular formula is C9H10ClNO. The molecule has 1 saturated heterocycles. The number of nitrogens with zero attached hydrogens (tertiary/aromatic N) is 1. The Hall–Kier alpha value is -0.730. The molecule has 1 aliphatic heterocycles. The van der Waals surface area contributed by atoms with Crippen molar-refractivity contribution >= 4 is 17.3 Å². The fourth-order valence-electron chi connectivity index (χ4n) is 1.36. The maximum absolute atomic E-state index is 9.09. The lowest BCUT2D eigenvalue weighted by atomic mass is 10.1. The van der Waals surface area contributed by atoms with Crippen molar-refractivity contribution in [3.05, 3.63) is 29.3 Å². The van der Waals surface area contributed by atoms with Gasteiger partial charge in [0.2, 0.25) is 0 Å². The molecule has 1 aromatic carbocycles. The van der Waals surface area contributed by atoms with Crippen LogP contribution in [0.15, 0.2) is 24.3 Å².